The Labute approximate surface area is 122 Å². The van der Waals surface area contributed by atoms with Gasteiger partial charge in [0.15, 0.2) is 5.82 Å². The molecule has 6 nitrogen and oxygen atoms in total. The van der Waals surface area contributed by atoms with Crippen LogP contribution in [0.5, 0.6) is 0 Å². The molecular weight excluding hydrogens is 280 g/mol. The van der Waals surface area contributed by atoms with Gasteiger partial charge >= 0.3 is 0 Å². The Morgan fingerprint density at radius 1 is 1.35 bits per heavy atom. The molecule has 2 unspecified atom stereocenters. The number of halogens is 1. The molecule has 2 bridgehead atoms. The molecule has 0 spiro atoms. The van der Waals surface area contributed by atoms with Gasteiger partial charge in [0.05, 0.1) is 18.4 Å². The number of aliphatic hydroxyl groups is 1. The lowest BCUT2D eigenvalue weighted by atomic mass is 10.0. The molecule has 0 aromatic carbocycles. The lowest BCUT2D eigenvalue weighted by molar-refractivity contribution is -0.00962. The van der Waals surface area contributed by atoms with Crippen LogP contribution < -0.4 is 9.80 Å². The second-order valence-corrected chi connectivity index (χ2v) is 6.13. The normalized spacial score (nSPS) is 35.5. The number of hydrogen-bond acceptors (Lipinski definition) is 6. The van der Waals surface area contributed by atoms with Gasteiger partial charge in [0.25, 0.3) is 0 Å². The van der Waals surface area contributed by atoms with Crippen LogP contribution in [0.3, 0.4) is 0 Å². The van der Waals surface area contributed by atoms with Gasteiger partial charge in [-0.2, -0.15) is 4.98 Å². The minimum absolute atomic E-state index is 0.214. The number of ether oxygens (including phenoxy) is 1. The number of anilines is 2. The number of fused-ring (bicyclic) bond motifs is 3. The van der Waals surface area contributed by atoms with Crippen LogP contribution in [0.15, 0.2) is 6.20 Å². The smallest absolute Gasteiger partial charge is 0.224 e. The van der Waals surface area contributed by atoms with Crippen molar-refractivity contribution in [3.63, 3.8) is 0 Å². The van der Waals surface area contributed by atoms with Crippen molar-refractivity contribution in [2.45, 2.75) is 50.3 Å². The van der Waals surface area contributed by atoms with Crippen LogP contribution in [0.2, 0.25) is 5.28 Å². The predicted octanol–water partition coefficient (Wildman–Crippen LogP) is 1.37. The van der Waals surface area contributed by atoms with Crippen molar-refractivity contribution >= 4 is 23.1 Å². The van der Waals surface area contributed by atoms with E-state index in [0.29, 0.717) is 12.2 Å². The van der Waals surface area contributed by atoms with Crippen molar-refractivity contribution in [3.8, 4) is 0 Å². The van der Waals surface area contributed by atoms with Crippen molar-refractivity contribution < 1.29 is 9.84 Å². The number of hydrogen-bond donors (Lipinski definition) is 1. The average Bonchev–Trinajstić information content (AvgIpc) is 2.88. The molecule has 0 radical (unpaired) electrons. The summed E-state index contributed by atoms with van der Waals surface area (Å²) in [7, 11) is 1.84. The van der Waals surface area contributed by atoms with E-state index in [9.17, 15) is 5.11 Å². The van der Waals surface area contributed by atoms with Gasteiger partial charge in [0, 0.05) is 13.1 Å². The second kappa shape index (κ2) is 4.44. The molecule has 1 N–H and O–H groups in total. The molecule has 3 aliphatic rings. The lowest BCUT2D eigenvalue weighted by Crippen LogP contribution is -2.50. The van der Waals surface area contributed by atoms with E-state index in [-0.39, 0.29) is 11.3 Å². The SMILES string of the molecule is CN1c2cnc(Cl)nc2N(C2C[C@H]3CC[C@@H](C2)O3)C1O. The van der Waals surface area contributed by atoms with Gasteiger partial charge in [0.1, 0.15) is 5.69 Å². The van der Waals surface area contributed by atoms with E-state index in [2.05, 4.69) is 9.97 Å². The molecule has 7 heteroatoms. The number of rotatable bonds is 1. The summed E-state index contributed by atoms with van der Waals surface area (Å²) in [6.45, 7) is 0. The molecule has 4 rings (SSSR count). The molecule has 0 amide bonds. The summed E-state index contributed by atoms with van der Waals surface area (Å²) in [5.74, 6) is 0.728. The maximum atomic E-state index is 10.5. The van der Waals surface area contributed by atoms with Gasteiger partial charge in [-0.15, -0.1) is 0 Å². The van der Waals surface area contributed by atoms with Crippen molar-refractivity contribution in [2.75, 3.05) is 16.8 Å². The molecule has 1 aromatic rings. The monoisotopic (exact) mass is 296 g/mol. The molecule has 2 saturated heterocycles. The maximum absolute atomic E-state index is 10.5. The summed E-state index contributed by atoms with van der Waals surface area (Å²) >= 11 is 5.92. The van der Waals surface area contributed by atoms with Crippen LogP contribution in [0.25, 0.3) is 0 Å². The first-order chi connectivity index (χ1) is 9.63. The Hall–Kier alpha value is -1.11. The molecule has 2 fully saturated rings. The predicted molar refractivity (Wildman–Crippen MR) is 74.8 cm³/mol. The third kappa shape index (κ3) is 1.78. The highest BCUT2D eigenvalue weighted by molar-refractivity contribution is 6.28. The highest BCUT2D eigenvalue weighted by atomic mass is 35.5. The summed E-state index contributed by atoms with van der Waals surface area (Å²) in [4.78, 5) is 12.1. The minimum Gasteiger partial charge on any atom is -0.375 e. The van der Waals surface area contributed by atoms with Crippen LogP contribution in [-0.2, 0) is 4.74 Å². The van der Waals surface area contributed by atoms with Crippen molar-refractivity contribution in [1.82, 2.24) is 9.97 Å². The van der Waals surface area contributed by atoms with Crippen LogP contribution >= 0.6 is 11.6 Å². The van der Waals surface area contributed by atoms with Gasteiger partial charge in [0.2, 0.25) is 11.6 Å². The first-order valence-electron chi connectivity index (χ1n) is 7.00. The lowest BCUT2D eigenvalue weighted by Gasteiger charge is -2.38. The maximum Gasteiger partial charge on any atom is 0.224 e. The third-order valence-electron chi connectivity index (χ3n) is 4.60. The second-order valence-electron chi connectivity index (χ2n) is 5.80. The van der Waals surface area contributed by atoms with Crippen LogP contribution in [0.4, 0.5) is 11.5 Å². The van der Waals surface area contributed by atoms with Crippen LogP contribution in [0, 0.1) is 0 Å². The van der Waals surface area contributed by atoms with Crippen LogP contribution in [0.1, 0.15) is 25.7 Å². The zero-order valence-electron chi connectivity index (χ0n) is 11.2. The number of nitrogens with zero attached hydrogens (tertiary/aromatic N) is 4. The Bertz CT molecular complexity index is 531. The number of aliphatic hydroxyl groups excluding tert-OH is 1. The molecule has 3 aliphatic heterocycles. The molecule has 1 aromatic heterocycles. The Balaban J connectivity index is 1.70. The van der Waals surface area contributed by atoms with Gasteiger partial charge in [-0.05, 0) is 37.3 Å². The Morgan fingerprint density at radius 2 is 2.05 bits per heavy atom. The summed E-state index contributed by atoms with van der Waals surface area (Å²) in [6.07, 6.45) is 5.71. The fraction of sp³-hybridized carbons (Fsp3) is 0.692. The van der Waals surface area contributed by atoms with Gasteiger partial charge < -0.3 is 19.6 Å². The van der Waals surface area contributed by atoms with Crippen molar-refractivity contribution in [1.29, 1.82) is 0 Å². The summed E-state index contributed by atoms with van der Waals surface area (Å²) in [5.41, 5.74) is 0.820. The topological polar surface area (TPSA) is 61.7 Å². The zero-order chi connectivity index (χ0) is 13.9. The zero-order valence-corrected chi connectivity index (χ0v) is 12.0. The van der Waals surface area contributed by atoms with E-state index in [1.807, 2.05) is 11.9 Å². The molecule has 20 heavy (non-hydrogen) atoms. The van der Waals surface area contributed by atoms with Crippen molar-refractivity contribution in [3.05, 3.63) is 11.5 Å². The van der Waals surface area contributed by atoms with E-state index in [1.54, 1.807) is 11.1 Å². The largest absolute Gasteiger partial charge is 0.375 e. The average molecular weight is 297 g/mol. The van der Waals surface area contributed by atoms with E-state index in [0.717, 1.165) is 37.2 Å². The molecule has 0 aliphatic carbocycles. The van der Waals surface area contributed by atoms with Gasteiger partial charge in [-0.25, -0.2) is 4.98 Å². The first-order valence-corrected chi connectivity index (χ1v) is 7.38. The fourth-order valence-corrected chi connectivity index (χ4v) is 3.75. The third-order valence-corrected chi connectivity index (χ3v) is 4.78. The Morgan fingerprint density at radius 3 is 2.75 bits per heavy atom. The Kier molecular flexibility index (Phi) is 2.80. The highest BCUT2D eigenvalue weighted by Gasteiger charge is 2.44. The van der Waals surface area contributed by atoms with E-state index < -0.39 is 6.35 Å². The molecule has 4 atom stereocenters. The summed E-state index contributed by atoms with van der Waals surface area (Å²) < 4.78 is 5.88. The van der Waals surface area contributed by atoms with Crippen molar-refractivity contribution in [2.24, 2.45) is 0 Å². The molecule has 4 heterocycles. The van der Waals surface area contributed by atoms with E-state index >= 15 is 0 Å². The molecule has 108 valence electrons. The highest BCUT2D eigenvalue weighted by Crippen LogP contribution is 2.42. The van der Waals surface area contributed by atoms with E-state index in [1.165, 1.54) is 0 Å². The summed E-state index contributed by atoms with van der Waals surface area (Å²) in [6, 6.07) is 0.242. The quantitative estimate of drug-likeness (QED) is 0.790. The van der Waals surface area contributed by atoms with Gasteiger partial charge in [-0.3, -0.25) is 0 Å². The standard InChI is InChI=1S/C13H17ClN4O2/c1-17-10-6-15-12(14)16-11(10)18(13(17)19)7-4-8-2-3-9(5-7)20-8/h6-9,13,19H,2-5H2,1H3/t7?,8-,9+,13?. The van der Waals surface area contributed by atoms with E-state index in [4.69, 9.17) is 16.3 Å². The first kappa shape index (κ1) is 12.6. The van der Waals surface area contributed by atoms with Crippen LogP contribution in [-0.4, -0.2) is 46.7 Å². The minimum atomic E-state index is -0.708. The molecule has 0 saturated carbocycles. The van der Waals surface area contributed by atoms with Gasteiger partial charge in [-0.1, -0.05) is 0 Å². The number of aromatic nitrogens is 2. The molecular formula is C13H17ClN4O2. The summed E-state index contributed by atoms with van der Waals surface area (Å²) in [5, 5.41) is 10.7. The fourth-order valence-electron chi connectivity index (χ4n) is 3.62.